The number of nitrogens with zero attached hydrogens (tertiary/aromatic N) is 1. The van der Waals surface area contributed by atoms with Gasteiger partial charge in [-0.15, -0.1) is 0 Å². The van der Waals surface area contributed by atoms with Gasteiger partial charge in [-0.1, -0.05) is 57.2 Å². The highest BCUT2D eigenvalue weighted by Crippen LogP contribution is 2.31. The Morgan fingerprint density at radius 2 is 1.39 bits per heavy atom. The summed E-state index contributed by atoms with van der Waals surface area (Å²) in [6.45, 7) is 12.9. The van der Waals surface area contributed by atoms with E-state index in [-0.39, 0.29) is 23.7 Å². The molecular formula is C30H37NO4S. The third kappa shape index (κ3) is 6.11. The molecule has 4 rings (SSSR count). The lowest BCUT2D eigenvalue weighted by molar-refractivity contribution is 0.130. The Morgan fingerprint density at radius 1 is 0.806 bits per heavy atom. The van der Waals surface area contributed by atoms with Crippen LogP contribution in [0.5, 0.6) is 11.5 Å². The van der Waals surface area contributed by atoms with Crippen LogP contribution >= 0.6 is 0 Å². The lowest BCUT2D eigenvalue weighted by Crippen LogP contribution is -2.47. The molecule has 0 bridgehead atoms. The molecular weight excluding hydrogens is 470 g/mol. The van der Waals surface area contributed by atoms with Crippen molar-refractivity contribution in [2.24, 2.45) is 0 Å². The van der Waals surface area contributed by atoms with Crippen molar-refractivity contribution in [3.8, 4) is 11.5 Å². The fourth-order valence-corrected chi connectivity index (χ4v) is 5.99. The molecule has 1 heterocycles. The molecule has 1 atom stereocenters. The Morgan fingerprint density at radius 3 is 1.97 bits per heavy atom. The van der Waals surface area contributed by atoms with E-state index >= 15 is 0 Å². The van der Waals surface area contributed by atoms with E-state index in [2.05, 4.69) is 26.8 Å². The van der Waals surface area contributed by atoms with Gasteiger partial charge in [0.1, 0.15) is 23.7 Å². The summed E-state index contributed by atoms with van der Waals surface area (Å²) in [5.74, 6) is 1.45. The molecule has 0 aromatic heterocycles. The zero-order valence-corrected chi connectivity index (χ0v) is 22.9. The predicted molar refractivity (Wildman–Crippen MR) is 144 cm³/mol. The maximum Gasteiger partial charge on any atom is 0.243 e. The zero-order chi connectivity index (χ0) is 26.1. The van der Waals surface area contributed by atoms with Crippen LogP contribution in [0.25, 0.3) is 0 Å². The Hall–Kier alpha value is -2.83. The highest BCUT2D eigenvalue weighted by molar-refractivity contribution is 7.89. The Balaban J connectivity index is 1.57. The minimum absolute atomic E-state index is 0.0454. The van der Waals surface area contributed by atoms with Crippen molar-refractivity contribution >= 4 is 10.0 Å². The average molecular weight is 508 g/mol. The monoisotopic (exact) mass is 507 g/mol. The van der Waals surface area contributed by atoms with Gasteiger partial charge in [0.2, 0.25) is 10.0 Å². The number of rotatable bonds is 6. The molecule has 0 fully saturated rings. The predicted octanol–water partition coefficient (Wildman–Crippen LogP) is 6.36. The zero-order valence-electron chi connectivity index (χ0n) is 22.1. The Labute approximate surface area is 216 Å². The normalized spacial score (nSPS) is 16.9. The van der Waals surface area contributed by atoms with Crippen molar-refractivity contribution in [1.82, 2.24) is 4.31 Å². The smallest absolute Gasteiger partial charge is 0.243 e. The van der Waals surface area contributed by atoms with Crippen LogP contribution in [0, 0.1) is 0 Å². The number of benzene rings is 3. The molecule has 1 aliphatic rings. The van der Waals surface area contributed by atoms with E-state index < -0.39 is 10.0 Å². The van der Waals surface area contributed by atoms with Crippen LogP contribution in [0.1, 0.15) is 58.2 Å². The number of fused-ring (bicyclic) bond motifs is 1. The van der Waals surface area contributed by atoms with Gasteiger partial charge in [-0.3, -0.25) is 0 Å². The molecule has 0 N–H and O–H groups in total. The largest absolute Gasteiger partial charge is 0.492 e. The number of sulfonamides is 1. The third-order valence-electron chi connectivity index (χ3n) is 6.32. The van der Waals surface area contributed by atoms with Crippen molar-refractivity contribution < 1.29 is 17.9 Å². The third-order valence-corrected chi connectivity index (χ3v) is 8.24. The van der Waals surface area contributed by atoms with Crippen LogP contribution in [0.2, 0.25) is 0 Å². The minimum Gasteiger partial charge on any atom is -0.492 e. The summed E-state index contributed by atoms with van der Waals surface area (Å²) in [6.07, 6.45) is 0.598. The Bertz CT molecular complexity index is 1280. The van der Waals surface area contributed by atoms with Gasteiger partial charge in [-0.2, -0.15) is 4.31 Å². The van der Waals surface area contributed by atoms with Gasteiger partial charge in [-0.25, -0.2) is 8.42 Å². The first kappa shape index (κ1) is 26.2. The Kier molecular flexibility index (Phi) is 7.22. The van der Waals surface area contributed by atoms with Crippen LogP contribution in [0.3, 0.4) is 0 Å². The molecule has 5 nitrogen and oxygen atoms in total. The molecule has 0 saturated heterocycles. The minimum atomic E-state index is -3.71. The lowest BCUT2D eigenvalue weighted by Gasteiger charge is -2.36. The van der Waals surface area contributed by atoms with E-state index in [1.54, 1.807) is 16.4 Å². The second kappa shape index (κ2) is 9.91. The summed E-state index contributed by atoms with van der Waals surface area (Å²) in [5.41, 5.74) is 2.97. The number of hydrogen-bond acceptors (Lipinski definition) is 4. The number of ether oxygens (including phenoxy) is 2. The first-order valence-electron chi connectivity index (χ1n) is 12.4. The molecule has 36 heavy (non-hydrogen) atoms. The molecule has 3 aromatic rings. The topological polar surface area (TPSA) is 55.8 Å². The highest BCUT2D eigenvalue weighted by atomic mass is 32.2. The average Bonchev–Trinajstić information content (AvgIpc) is 2.81. The van der Waals surface area contributed by atoms with Gasteiger partial charge in [0, 0.05) is 6.54 Å². The van der Waals surface area contributed by atoms with Crippen molar-refractivity contribution in [1.29, 1.82) is 0 Å². The standard InChI is InChI=1S/C30H37NO4S/c1-29(2,3)24-11-17-28(18-12-24)36(32,33)31-20-23-10-8-7-9-22(23)19-25(31)21-34-26-13-15-27(16-14-26)35-30(4,5)6/h7-18,25H,19-21H2,1-6H3/t25-/m0/s1. The van der Waals surface area contributed by atoms with Crippen LogP contribution in [-0.2, 0) is 28.4 Å². The van der Waals surface area contributed by atoms with E-state index in [1.807, 2.05) is 75.4 Å². The molecule has 0 spiro atoms. The van der Waals surface area contributed by atoms with Gasteiger partial charge in [-0.05, 0) is 85.7 Å². The van der Waals surface area contributed by atoms with Crippen LogP contribution in [0.4, 0.5) is 0 Å². The molecule has 3 aromatic carbocycles. The van der Waals surface area contributed by atoms with Crippen molar-refractivity contribution in [3.63, 3.8) is 0 Å². The van der Waals surface area contributed by atoms with E-state index in [9.17, 15) is 8.42 Å². The van der Waals surface area contributed by atoms with Crippen LogP contribution in [0.15, 0.2) is 77.7 Å². The van der Waals surface area contributed by atoms with E-state index in [0.717, 1.165) is 22.4 Å². The quantitative estimate of drug-likeness (QED) is 0.390. The van der Waals surface area contributed by atoms with E-state index in [1.165, 1.54) is 0 Å². The van der Waals surface area contributed by atoms with Gasteiger partial charge in [0.05, 0.1) is 10.9 Å². The summed E-state index contributed by atoms with van der Waals surface area (Å²) in [7, 11) is -3.71. The maximum atomic E-state index is 13.8. The maximum absolute atomic E-state index is 13.8. The molecule has 0 amide bonds. The van der Waals surface area contributed by atoms with Crippen molar-refractivity contribution in [2.75, 3.05) is 6.61 Å². The van der Waals surface area contributed by atoms with Gasteiger partial charge in [0.25, 0.3) is 0 Å². The molecule has 0 radical (unpaired) electrons. The lowest BCUT2D eigenvalue weighted by atomic mass is 9.87. The van der Waals surface area contributed by atoms with Crippen LogP contribution < -0.4 is 9.47 Å². The summed E-state index contributed by atoms with van der Waals surface area (Å²) in [5, 5.41) is 0. The SMILES string of the molecule is CC(C)(C)Oc1ccc(OC[C@@H]2Cc3ccccc3CN2S(=O)(=O)c2ccc(C(C)(C)C)cc2)cc1. The van der Waals surface area contributed by atoms with Gasteiger partial charge in [0.15, 0.2) is 0 Å². The van der Waals surface area contributed by atoms with E-state index in [0.29, 0.717) is 23.6 Å². The first-order chi connectivity index (χ1) is 16.8. The van der Waals surface area contributed by atoms with Gasteiger partial charge < -0.3 is 9.47 Å². The molecule has 0 saturated carbocycles. The fourth-order valence-electron chi connectivity index (χ4n) is 4.40. The summed E-state index contributed by atoms with van der Waals surface area (Å²) in [4.78, 5) is 0.309. The van der Waals surface area contributed by atoms with E-state index in [4.69, 9.17) is 9.47 Å². The number of hydrogen-bond donors (Lipinski definition) is 0. The van der Waals surface area contributed by atoms with Crippen molar-refractivity contribution in [2.45, 2.75) is 76.5 Å². The molecule has 1 aliphatic heterocycles. The first-order valence-corrected chi connectivity index (χ1v) is 13.9. The van der Waals surface area contributed by atoms with Gasteiger partial charge >= 0.3 is 0 Å². The summed E-state index contributed by atoms with van der Waals surface area (Å²) in [6, 6.07) is 22.5. The highest BCUT2D eigenvalue weighted by Gasteiger charge is 2.36. The molecule has 192 valence electrons. The van der Waals surface area contributed by atoms with Crippen molar-refractivity contribution in [3.05, 3.63) is 89.5 Å². The molecule has 0 aliphatic carbocycles. The second-order valence-corrected chi connectivity index (χ2v) is 13.3. The summed E-state index contributed by atoms with van der Waals surface area (Å²) < 4.78 is 41.2. The summed E-state index contributed by atoms with van der Waals surface area (Å²) >= 11 is 0. The second-order valence-electron chi connectivity index (χ2n) is 11.4. The molecule has 0 unspecified atom stereocenters. The van der Waals surface area contributed by atoms with Crippen LogP contribution in [-0.4, -0.2) is 31.0 Å². The molecule has 6 heteroatoms. The fraction of sp³-hybridized carbons (Fsp3) is 0.400.